The molecule has 1 fully saturated rings. The van der Waals surface area contributed by atoms with Crippen LogP contribution in [-0.2, 0) is 9.53 Å². The van der Waals surface area contributed by atoms with E-state index < -0.39 is 35.9 Å². The Morgan fingerprint density at radius 3 is 2.45 bits per heavy atom. The topological polar surface area (TPSA) is 66.8 Å². The molecule has 0 aromatic heterocycles. The number of ether oxygens (including phenoxy) is 1. The quantitative estimate of drug-likeness (QED) is 0.748. The third kappa shape index (κ3) is 4.08. The molecule has 0 amide bonds. The van der Waals surface area contributed by atoms with Crippen molar-refractivity contribution in [2.24, 2.45) is 0 Å². The number of halogens is 3. The van der Waals surface area contributed by atoms with Gasteiger partial charge in [0.1, 0.15) is 16.3 Å². The molecule has 1 N–H and O–H groups in total. The lowest BCUT2D eigenvalue weighted by molar-refractivity contribution is -0.156. The zero-order chi connectivity index (χ0) is 20.8. The summed E-state index contributed by atoms with van der Waals surface area (Å²) < 4.78 is 43.6. The molecule has 1 spiro atoms. The monoisotopic (exact) mass is 427 g/mol. The number of alkyl halides is 3. The lowest BCUT2D eigenvalue weighted by Crippen LogP contribution is -2.51. The van der Waals surface area contributed by atoms with E-state index in [2.05, 4.69) is 0 Å². The van der Waals surface area contributed by atoms with E-state index in [1.807, 2.05) is 4.90 Å². The fourth-order valence-electron chi connectivity index (χ4n) is 4.03. The van der Waals surface area contributed by atoms with Crippen LogP contribution in [0.3, 0.4) is 0 Å². The zero-order valence-corrected chi connectivity index (χ0v) is 16.3. The number of hydrogen-bond acceptors (Lipinski definition) is 6. The Kier molecular flexibility index (Phi) is 5.25. The number of rotatable bonds is 3. The lowest BCUT2D eigenvalue weighted by Gasteiger charge is -2.45. The maximum absolute atomic E-state index is 12.4. The Balaban J connectivity index is 1.46. The molecule has 0 bridgehead atoms. The number of fused-ring (bicyclic) bond motifs is 2. The number of hydrogen-bond donors (Lipinski definition) is 1. The van der Waals surface area contributed by atoms with Crippen molar-refractivity contribution in [2.75, 3.05) is 25.4 Å². The first-order valence-corrected chi connectivity index (χ1v) is 10.4. The Morgan fingerprint density at radius 1 is 1.14 bits per heavy atom. The van der Waals surface area contributed by atoms with Gasteiger partial charge in [-0.1, -0.05) is 24.3 Å². The molecular weight excluding hydrogens is 407 g/mol. The van der Waals surface area contributed by atoms with Crippen LogP contribution in [0.2, 0.25) is 0 Å². The van der Waals surface area contributed by atoms with Gasteiger partial charge < -0.3 is 14.7 Å². The molecule has 1 atom stereocenters. The van der Waals surface area contributed by atoms with Crippen molar-refractivity contribution in [1.82, 2.24) is 4.90 Å². The van der Waals surface area contributed by atoms with Gasteiger partial charge in [0.15, 0.2) is 0 Å². The first kappa shape index (κ1) is 20.4. The van der Waals surface area contributed by atoms with E-state index in [0.717, 1.165) is 0 Å². The molecule has 0 radical (unpaired) electrons. The summed E-state index contributed by atoms with van der Waals surface area (Å²) >= 11 is 1.32. The van der Waals surface area contributed by atoms with Gasteiger partial charge in [0.05, 0.1) is 12.5 Å². The summed E-state index contributed by atoms with van der Waals surface area (Å²) in [7, 11) is 0. The number of carbonyl (C=O) groups is 2. The Bertz CT molecular complexity index is 875. The number of ketones is 2. The molecule has 2 aliphatic heterocycles. The van der Waals surface area contributed by atoms with Crippen LogP contribution in [0.1, 0.15) is 35.2 Å². The minimum atomic E-state index is -4.39. The van der Waals surface area contributed by atoms with Crippen LogP contribution in [0.15, 0.2) is 29.2 Å². The largest absolute Gasteiger partial charge is 0.484 e. The van der Waals surface area contributed by atoms with E-state index in [0.29, 0.717) is 53.5 Å². The van der Waals surface area contributed by atoms with Crippen molar-refractivity contribution < 1.29 is 32.6 Å². The molecule has 1 aromatic carbocycles. The Hall–Kier alpha value is -1.84. The second kappa shape index (κ2) is 7.45. The predicted molar refractivity (Wildman–Crippen MR) is 101 cm³/mol. The van der Waals surface area contributed by atoms with E-state index in [9.17, 15) is 27.9 Å². The number of β-amino-alcohol motifs (C(OH)–C–C–N with tert-alkyl or cyclic N) is 1. The Morgan fingerprint density at radius 2 is 1.79 bits per heavy atom. The van der Waals surface area contributed by atoms with E-state index in [-0.39, 0.29) is 6.54 Å². The number of aliphatic hydroxyl groups is 1. The van der Waals surface area contributed by atoms with E-state index >= 15 is 0 Å². The molecule has 9 heteroatoms. The number of likely N-dealkylation sites (tertiary alicyclic amines) is 1. The van der Waals surface area contributed by atoms with Gasteiger partial charge in [-0.3, -0.25) is 9.59 Å². The fourth-order valence-corrected chi connectivity index (χ4v) is 5.29. The molecular formula is C20H20F3NO4S. The molecule has 1 aromatic rings. The third-order valence-electron chi connectivity index (χ3n) is 5.54. The second-order valence-corrected chi connectivity index (χ2v) is 8.70. The molecule has 3 aliphatic rings. The van der Waals surface area contributed by atoms with Crippen LogP contribution in [0.5, 0.6) is 0 Å². The van der Waals surface area contributed by atoms with Gasteiger partial charge in [0, 0.05) is 49.4 Å². The number of thioether (sulfide) groups is 1. The molecule has 29 heavy (non-hydrogen) atoms. The van der Waals surface area contributed by atoms with E-state index in [4.69, 9.17) is 4.74 Å². The average molecular weight is 427 g/mol. The number of carbonyl (C=O) groups excluding carboxylic acids is 2. The molecule has 4 rings (SSSR count). The molecule has 0 saturated carbocycles. The van der Waals surface area contributed by atoms with Crippen molar-refractivity contribution in [2.45, 2.75) is 37.1 Å². The molecule has 1 aliphatic carbocycles. The number of piperidine rings is 1. The minimum absolute atomic E-state index is 0.0352. The third-order valence-corrected chi connectivity index (χ3v) is 6.87. The van der Waals surface area contributed by atoms with Crippen LogP contribution in [0.25, 0.3) is 5.76 Å². The first-order valence-electron chi connectivity index (χ1n) is 9.39. The van der Waals surface area contributed by atoms with Crippen molar-refractivity contribution in [3.63, 3.8) is 0 Å². The summed E-state index contributed by atoms with van der Waals surface area (Å²) in [5, 5.41) is 9.68. The van der Waals surface area contributed by atoms with Gasteiger partial charge in [-0.25, -0.2) is 0 Å². The highest BCUT2D eigenvalue weighted by molar-refractivity contribution is 8.04. The Labute approximate surface area is 169 Å². The highest BCUT2D eigenvalue weighted by atomic mass is 32.2. The summed E-state index contributed by atoms with van der Waals surface area (Å²) in [5.74, 6) is -0.135. The van der Waals surface area contributed by atoms with Crippen LogP contribution < -0.4 is 0 Å². The predicted octanol–water partition coefficient (Wildman–Crippen LogP) is 3.03. The normalized spacial score (nSPS) is 22.9. The highest BCUT2D eigenvalue weighted by Crippen LogP contribution is 2.47. The van der Waals surface area contributed by atoms with Gasteiger partial charge in [-0.2, -0.15) is 13.2 Å². The van der Waals surface area contributed by atoms with Crippen LogP contribution in [-0.4, -0.2) is 64.8 Å². The van der Waals surface area contributed by atoms with E-state index in [1.54, 1.807) is 24.3 Å². The number of aliphatic hydroxyl groups excluding tert-OH is 1. The maximum Gasteiger partial charge on any atom is 0.391 e. The highest BCUT2D eigenvalue weighted by Gasteiger charge is 2.46. The zero-order valence-electron chi connectivity index (χ0n) is 15.5. The number of benzene rings is 1. The van der Waals surface area contributed by atoms with Crippen molar-refractivity contribution in [1.29, 1.82) is 0 Å². The fraction of sp³-hybridized carbons (Fsp3) is 0.500. The second-order valence-electron chi connectivity index (χ2n) is 7.71. The van der Waals surface area contributed by atoms with Crippen molar-refractivity contribution in [3.8, 4) is 0 Å². The van der Waals surface area contributed by atoms with Crippen LogP contribution >= 0.6 is 11.8 Å². The first-order chi connectivity index (χ1) is 13.7. The molecule has 5 nitrogen and oxygen atoms in total. The van der Waals surface area contributed by atoms with Crippen LogP contribution in [0, 0.1) is 0 Å². The van der Waals surface area contributed by atoms with Gasteiger partial charge in [-0.05, 0) is 0 Å². The van der Waals surface area contributed by atoms with Gasteiger partial charge in [0.2, 0.25) is 11.6 Å². The number of allylic oxidation sites excluding steroid dienone is 1. The SMILES string of the molecule is O=C1C(=O)c2ccccc2C2=C1SCC1(CCN(CC(O)CC(F)(F)F)CC1)O2. The van der Waals surface area contributed by atoms with Crippen molar-refractivity contribution in [3.05, 3.63) is 40.3 Å². The van der Waals surface area contributed by atoms with Crippen molar-refractivity contribution >= 4 is 29.1 Å². The smallest absolute Gasteiger partial charge is 0.391 e. The summed E-state index contributed by atoms with van der Waals surface area (Å²) in [5.41, 5.74) is 0.409. The average Bonchev–Trinajstić information content (AvgIpc) is 2.67. The van der Waals surface area contributed by atoms with Gasteiger partial charge in [0.25, 0.3) is 0 Å². The number of nitrogens with zero attached hydrogens (tertiary/aromatic N) is 1. The minimum Gasteiger partial charge on any atom is -0.484 e. The van der Waals surface area contributed by atoms with Gasteiger partial charge >= 0.3 is 6.18 Å². The lowest BCUT2D eigenvalue weighted by atomic mass is 9.90. The van der Waals surface area contributed by atoms with Crippen LogP contribution in [0.4, 0.5) is 13.2 Å². The molecule has 2 heterocycles. The molecule has 1 unspecified atom stereocenters. The summed E-state index contributed by atoms with van der Waals surface area (Å²) in [4.78, 5) is 26.9. The number of Topliss-reactive ketones (excluding diaryl/α,β-unsaturated/α-hetero) is 2. The summed E-state index contributed by atoms with van der Waals surface area (Å²) in [6.45, 7) is 0.950. The van der Waals surface area contributed by atoms with Gasteiger partial charge in [-0.15, -0.1) is 11.8 Å². The summed E-state index contributed by atoms with van der Waals surface area (Å²) in [6, 6.07) is 6.86. The molecule has 1 saturated heterocycles. The molecule has 156 valence electrons. The van der Waals surface area contributed by atoms with E-state index in [1.165, 1.54) is 11.8 Å². The maximum atomic E-state index is 12.4. The standard InChI is InChI=1S/C20H20F3NO4S/c21-20(22,23)9-12(25)10-24-7-5-19(6-8-24)11-29-18-16(27)15(26)13-3-1-2-4-14(13)17(18)28-19/h1-4,12,25H,5-11H2. The summed E-state index contributed by atoms with van der Waals surface area (Å²) in [6.07, 6.45) is -5.92.